The van der Waals surface area contributed by atoms with E-state index in [1.165, 1.54) is 19.8 Å². The summed E-state index contributed by atoms with van der Waals surface area (Å²) in [6, 6.07) is 8.29. The van der Waals surface area contributed by atoms with Crippen molar-refractivity contribution in [2.45, 2.75) is 72.1 Å². The highest BCUT2D eigenvalue weighted by Gasteiger charge is 2.28. The fourth-order valence-corrected chi connectivity index (χ4v) is 2.62. The SMILES string of the molecule is C=O.CC(=O)O[C@@H](C(=O)O)[C@H](C)OCCNc1cccc(C)c1.CCCC[C@H](C)N(C)C=O. The van der Waals surface area contributed by atoms with E-state index in [9.17, 15) is 14.4 Å². The van der Waals surface area contributed by atoms with Gasteiger partial charge < -0.3 is 29.6 Å². The van der Waals surface area contributed by atoms with E-state index in [1.807, 2.05) is 45.0 Å². The topological polar surface area (TPSA) is 122 Å². The van der Waals surface area contributed by atoms with E-state index in [0.29, 0.717) is 19.2 Å². The molecule has 0 unspecified atom stereocenters. The van der Waals surface area contributed by atoms with Crippen LogP contribution in [0.2, 0.25) is 0 Å². The Kier molecular flexibility index (Phi) is 19.3. The maximum Gasteiger partial charge on any atom is 0.347 e. The number of rotatable bonds is 13. The molecule has 1 amide bonds. The van der Waals surface area contributed by atoms with Gasteiger partial charge in [-0.05, 0) is 44.9 Å². The molecule has 1 rings (SSSR count). The van der Waals surface area contributed by atoms with Crippen molar-refractivity contribution in [3.05, 3.63) is 29.8 Å². The Balaban J connectivity index is 0. The first-order chi connectivity index (χ1) is 15.6. The molecule has 0 fully saturated rings. The monoisotopic (exact) mass is 468 g/mol. The van der Waals surface area contributed by atoms with Gasteiger partial charge in [-0.25, -0.2) is 4.79 Å². The van der Waals surface area contributed by atoms with Gasteiger partial charge in [-0.2, -0.15) is 0 Å². The number of benzene rings is 1. The van der Waals surface area contributed by atoms with Crippen molar-refractivity contribution in [2.75, 3.05) is 25.5 Å². The van der Waals surface area contributed by atoms with E-state index in [2.05, 4.69) is 19.2 Å². The summed E-state index contributed by atoms with van der Waals surface area (Å²) in [5, 5.41) is 12.2. The molecule has 0 radical (unpaired) electrons. The molecule has 0 aromatic heterocycles. The molecule has 0 aliphatic heterocycles. The number of esters is 1. The largest absolute Gasteiger partial charge is 0.478 e. The summed E-state index contributed by atoms with van der Waals surface area (Å²) < 4.78 is 10.1. The van der Waals surface area contributed by atoms with Gasteiger partial charge in [0.1, 0.15) is 12.9 Å². The fourth-order valence-electron chi connectivity index (χ4n) is 2.62. The van der Waals surface area contributed by atoms with E-state index in [0.717, 1.165) is 24.1 Å². The molecule has 0 saturated heterocycles. The first-order valence-corrected chi connectivity index (χ1v) is 10.9. The third kappa shape index (κ3) is 16.4. The van der Waals surface area contributed by atoms with Crippen molar-refractivity contribution in [3.63, 3.8) is 0 Å². The summed E-state index contributed by atoms with van der Waals surface area (Å²) in [7, 11) is 1.83. The Labute approximate surface area is 197 Å². The van der Waals surface area contributed by atoms with Gasteiger partial charge in [-0.1, -0.05) is 31.9 Å². The lowest BCUT2D eigenvalue weighted by Gasteiger charge is -2.20. The van der Waals surface area contributed by atoms with Crippen LogP contribution in [0.5, 0.6) is 0 Å². The maximum atomic E-state index is 11.0. The summed E-state index contributed by atoms with van der Waals surface area (Å²) >= 11 is 0. The van der Waals surface area contributed by atoms with Gasteiger partial charge in [0, 0.05) is 32.2 Å². The normalized spacial score (nSPS) is 12.4. The van der Waals surface area contributed by atoms with E-state index >= 15 is 0 Å². The Bertz CT molecular complexity index is 685. The van der Waals surface area contributed by atoms with E-state index in [1.54, 1.807) is 11.8 Å². The van der Waals surface area contributed by atoms with Crippen LogP contribution in [-0.4, -0.2) is 73.6 Å². The van der Waals surface area contributed by atoms with Crippen LogP contribution < -0.4 is 5.32 Å². The molecule has 0 saturated carbocycles. The smallest absolute Gasteiger partial charge is 0.347 e. The number of aliphatic carboxylic acids is 1. The second kappa shape index (κ2) is 19.7. The summed E-state index contributed by atoms with van der Waals surface area (Å²) in [6.07, 6.45) is 2.41. The molecule has 188 valence electrons. The van der Waals surface area contributed by atoms with Crippen LogP contribution in [0.15, 0.2) is 24.3 Å². The summed E-state index contributed by atoms with van der Waals surface area (Å²) in [6.45, 7) is 11.8. The molecule has 2 N–H and O–H groups in total. The average Bonchev–Trinajstić information content (AvgIpc) is 2.79. The molecule has 0 spiro atoms. The van der Waals surface area contributed by atoms with E-state index < -0.39 is 24.1 Å². The lowest BCUT2D eigenvalue weighted by Crippen LogP contribution is -2.38. The first-order valence-electron chi connectivity index (χ1n) is 10.9. The van der Waals surface area contributed by atoms with Crippen LogP contribution in [-0.2, 0) is 28.7 Å². The lowest BCUT2D eigenvalue weighted by molar-refractivity contribution is -0.172. The molecule has 1 aromatic carbocycles. The number of nitrogens with zero attached hydrogens (tertiary/aromatic N) is 1. The lowest BCUT2D eigenvalue weighted by atomic mass is 10.1. The fraction of sp³-hybridized carbons (Fsp3) is 0.583. The van der Waals surface area contributed by atoms with Gasteiger partial charge in [0.05, 0.1) is 6.61 Å². The number of carbonyl (C=O) groups is 4. The first kappa shape index (κ1) is 32.2. The van der Waals surface area contributed by atoms with Gasteiger partial charge >= 0.3 is 11.9 Å². The molecule has 9 nitrogen and oxygen atoms in total. The van der Waals surface area contributed by atoms with Gasteiger partial charge in [-0.3, -0.25) is 9.59 Å². The zero-order valence-corrected chi connectivity index (χ0v) is 20.7. The van der Waals surface area contributed by atoms with Crippen LogP contribution in [0.3, 0.4) is 0 Å². The number of anilines is 1. The number of carbonyl (C=O) groups excluding carboxylic acids is 3. The van der Waals surface area contributed by atoms with Crippen LogP contribution in [0.25, 0.3) is 0 Å². The highest BCUT2D eigenvalue weighted by atomic mass is 16.6. The highest BCUT2D eigenvalue weighted by molar-refractivity contribution is 5.77. The number of aryl methyl sites for hydroxylation is 1. The second-order valence-electron chi connectivity index (χ2n) is 7.50. The predicted octanol–water partition coefficient (Wildman–Crippen LogP) is 3.30. The molecule has 9 heteroatoms. The molecule has 0 aliphatic carbocycles. The van der Waals surface area contributed by atoms with E-state index in [4.69, 9.17) is 19.4 Å². The van der Waals surface area contributed by atoms with E-state index in [-0.39, 0.29) is 0 Å². The van der Waals surface area contributed by atoms with Crippen molar-refractivity contribution < 1.29 is 33.8 Å². The molecule has 1 aromatic rings. The highest BCUT2D eigenvalue weighted by Crippen LogP contribution is 2.09. The number of hydrogen-bond donors (Lipinski definition) is 2. The van der Waals surface area contributed by atoms with Gasteiger partial charge in [0.15, 0.2) is 0 Å². The minimum atomic E-state index is -1.29. The quantitative estimate of drug-likeness (QED) is 0.257. The Morgan fingerprint density at radius 2 is 1.91 bits per heavy atom. The molecule has 0 bridgehead atoms. The number of unbranched alkanes of at least 4 members (excludes halogenated alkanes) is 1. The zero-order valence-electron chi connectivity index (χ0n) is 20.7. The number of nitrogens with one attached hydrogen (secondary N) is 1. The average molecular weight is 469 g/mol. The van der Waals surface area contributed by atoms with Crippen LogP contribution in [0.4, 0.5) is 5.69 Å². The summed E-state index contributed by atoms with van der Waals surface area (Å²) in [4.78, 5) is 41.8. The summed E-state index contributed by atoms with van der Waals surface area (Å²) in [5.74, 6) is -1.86. The van der Waals surface area contributed by atoms with Crippen LogP contribution in [0.1, 0.15) is 52.5 Å². The number of carboxylic acid groups (broad SMARTS) is 1. The van der Waals surface area contributed by atoms with Gasteiger partial charge in [0.2, 0.25) is 12.5 Å². The molecule has 0 aliphatic rings. The Morgan fingerprint density at radius 3 is 2.39 bits per heavy atom. The van der Waals surface area contributed by atoms with Crippen molar-refractivity contribution in [1.29, 1.82) is 0 Å². The number of hydrogen-bond acceptors (Lipinski definition) is 7. The minimum Gasteiger partial charge on any atom is -0.478 e. The van der Waals surface area contributed by atoms with Crippen molar-refractivity contribution in [1.82, 2.24) is 4.90 Å². The Morgan fingerprint density at radius 1 is 1.27 bits per heavy atom. The van der Waals surface area contributed by atoms with Crippen molar-refractivity contribution in [3.8, 4) is 0 Å². The zero-order chi connectivity index (χ0) is 25.8. The van der Waals surface area contributed by atoms with Crippen LogP contribution >= 0.6 is 0 Å². The number of carboxylic acids is 1. The van der Waals surface area contributed by atoms with Gasteiger partial charge in [-0.15, -0.1) is 0 Å². The maximum absolute atomic E-state index is 11.0. The van der Waals surface area contributed by atoms with Crippen molar-refractivity contribution in [2.24, 2.45) is 0 Å². The summed E-state index contributed by atoms with van der Waals surface area (Å²) in [5.41, 5.74) is 2.12. The Hall–Kier alpha value is -2.94. The standard InChI is InChI=1S/C15H21NO5.C8H17NO.CH2O/c1-10-5-4-6-13(9-10)16-7-8-20-11(2)14(15(18)19)21-12(3)17;1-4-5-6-8(2)9(3)7-10;1-2/h4-6,9,11,14,16H,7-8H2,1-3H3,(H,18,19);7-8H,4-6H2,1-3H3;1H2/t11-,14+;8-;/m00./s1. The molecular formula is C24H40N2O7. The minimum absolute atomic E-state index is 0.306. The predicted molar refractivity (Wildman–Crippen MR) is 128 cm³/mol. The molecule has 33 heavy (non-hydrogen) atoms. The van der Waals surface area contributed by atoms with Gasteiger partial charge in [0.25, 0.3) is 0 Å². The number of amides is 1. The number of ether oxygens (including phenoxy) is 2. The second-order valence-corrected chi connectivity index (χ2v) is 7.50. The van der Waals surface area contributed by atoms with Crippen LogP contribution in [0, 0.1) is 6.92 Å². The molecule has 0 heterocycles. The molecular weight excluding hydrogens is 428 g/mol. The van der Waals surface area contributed by atoms with Crippen molar-refractivity contribution >= 4 is 30.8 Å². The molecule has 3 atom stereocenters. The third-order valence-corrected chi connectivity index (χ3v) is 4.63. The third-order valence-electron chi connectivity index (χ3n) is 4.63.